The minimum Gasteiger partial charge on any atom is -0.366 e. The van der Waals surface area contributed by atoms with Gasteiger partial charge in [0, 0.05) is 31.5 Å². The van der Waals surface area contributed by atoms with E-state index in [0.717, 1.165) is 24.9 Å². The zero-order valence-electron chi connectivity index (χ0n) is 12.3. The highest BCUT2D eigenvalue weighted by atomic mass is 15.1. The van der Waals surface area contributed by atoms with E-state index in [4.69, 9.17) is 5.41 Å². The van der Waals surface area contributed by atoms with Crippen molar-refractivity contribution in [3.05, 3.63) is 48.0 Å². The zero-order chi connectivity index (χ0) is 14.7. The van der Waals surface area contributed by atoms with Gasteiger partial charge in [-0.2, -0.15) is 0 Å². The van der Waals surface area contributed by atoms with E-state index in [1.807, 2.05) is 24.3 Å². The lowest BCUT2D eigenvalue weighted by Crippen LogP contribution is -2.28. The maximum absolute atomic E-state index is 7.31. The monoisotopic (exact) mass is 280 g/mol. The van der Waals surface area contributed by atoms with Crippen molar-refractivity contribution in [2.45, 2.75) is 19.3 Å². The topological polar surface area (TPSA) is 52.9 Å². The summed E-state index contributed by atoms with van der Waals surface area (Å²) in [5.74, 6) is 0.631. The van der Waals surface area contributed by atoms with Crippen LogP contribution in [0.2, 0.25) is 0 Å². The van der Waals surface area contributed by atoms with Crippen molar-refractivity contribution in [1.82, 2.24) is 14.9 Å². The maximum Gasteiger partial charge on any atom is 0.115 e. The molecule has 1 N–H and O–H groups in total. The molecule has 4 heteroatoms. The molecule has 4 nitrogen and oxygen atoms in total. The number of nitrogens with one attached hydrogen (secondary N) is 1. The highest BCUT2D eigenvalue weighted by Gasteiger charge is 2.21. The molecular formula is C17H20N4. The van der Waals surface area contributed by atoms with Crippen LogP contribution in [0.25, 0.3) is 11.1 Å². The van der Waals surface area contributed by atoms with Gasteiger partial charge >= 0.3 is 0 Å². The minimum absolute atomic E-state index is 0.631. The summed E-state index contributed by atoms with van der Waals surface area (Å²) in [4.78, 5) is 10.2. The van der Waals surface area contributed by atoms with E-state index in [2.05, 4.69) is 28.2 Å². The highest BCUT2D eigenvalue weighted by Crippen LogP contribution is 2.33. The minimum atomic E-state index is 0.631. The SMILES string of the molecule is CN(C=N)CC1CCc2c(cccc2-c2cncnc2)C1. The molecule has 0 bridgehead atoms. The fourth-order valence-corrected chi connectivity index (χ4v) is 3.21. The van der Waals surface area contributed by atoms with Gasteiger partial charge in [0.1, 0.15) is 6.33 Å². The van der Waals surface area contributed by atoms with E-state index in [0.29, 0.717) is 5.92 Å². The number of hydrogen-bond acceptors (Lipinski definition) is 3. The summed E-state index contributed by atoms with van der Waals surface area (Å²) in [6, 6.07) is 6.53. The van der Waals surface area contributed by atoms with Gasteiger partial charge in [-0.25, -0.2) is 9.97 Å². The van der Waals surface area contributed by atoms with Crippen LogP contribution in [-0.4, -0.2) is 34.8 Å². The molecule has 1 atom stereocenters. The van der Waals surface area contributed by atoms with Crippen molar-refractivity contribution in [3.63, 3.8) is 0 Å². The molecule has 1 aliphatic rings. The Bertz CT molecular complexity index is 624. The molecule has 108 valence electrons. The van der Waals surface area contributed by atoms with Crippen molar-refractivity contribution >= 4 is 6.34 Å². The van der Waals surface area contributed by atoms with Crippen molar-refractivity contribution in [1.29, 1.82) is 5.41 Å². The number of rotatable bonds is 4. The summed E-state index contributed by atoms with van der Waals surface area (Å²) < 4.78 is 0. The number of aromatic nitrogens is 2. The first-order chi connectivity index (χ1) is 10.3. The Balaban J connectivity index is 1.87. The number of fused-ring (bicyclic) bond motifs is 1. The van der Waals surface area contributed by atoms with Crippen LogP contribution in [0.3, 0.4) is 0 Å². The zero-order valence-corrected chi connectivity index (χ0v) is 12.3. The van der Waals surface area contributed by atoms with Crippen molar-refractivity contribution in [2.24, 2.45) is 5.92 Å². The molecule has 0 radical (unpaired) electrons. The van der Waals surface area contributed by atoms with Crippen LogP contribution in [0.5, 0.6) is 0 Å². The van der Waals surface area contributed by atoms with E-state index >= 15 is 0 Å². The van der Waals surface area contributed by atoms with Crippen molar-refractivity contribution in [3.8, 4) is 11.1 Å². The number of nitrogens with zero attached hydrogens (tertiary/aromatic N) is 3. The molecular weight excluding hydrogens is 260 g/mol. The van der Waals surface area contributed by atoms with Crippen LogP contribution < -0.4 is 0 Å². The Morgan fingerprint density at radius 1 is 1.33 bits per heavy atom. The molecule has 0 spiro atoms. The molecule has 0 aliphatic heterocycles. The summed E-state index contributed by atoms with van der Waals surface area (Å²) in [5, 5.41) is 7.31. The Morgan fingerprint density at radius 3 is 2.90 bits per heavy atom. The van der Waals surface area contributed by atoms with E-state index in [1.165, 1.54) is 29.4 Å². The molecule has 1 heterocycles. The third kappa shape index (κ3) is 2.94. The molecule has 1 aliphatic carbocycles. The van der Waals surface area contributed by atoms with Crippen LogP contribution in [0.15, 0.2) is 36.9 Å². The largest absolute Gasteiger partial charge is 0.366 e. The van der Waals surface area contributed by atoms with Crippen LogP contribution in [0, 0.1) is 11.3 Å². The van der Waals surface area contributed by atoms with Crippen LogP contribution in [0.4, 0.5) is 0 Å². The molecule has 0 saturated carbocycles. The molecule has 1 aromatic heterocycles. The van der Waals surface area contributed by atoms with Crippen LogP contribution in [0.1, 0.15) is 17.5 Å². The molecule has 1 unspecified atom stereocenters. The van der Waals surface area contributed by atoms with E-state index in [9.17, 15) is 0 Å². The second-order valence-electron chi connectivity index (χ2n) is 5.75. The summed E-state index contributed by atoms with van der Waals surface area (Å²) in [5.41, 5.74) is 5.25. The normalized spacial score (nSPS) is 17.1. The van der Waals surface area contributed by atoms with E-state index in [-0.39, 0.29) is 0 Å². The van der Waals surface area contributed by atoms with Gasteiger partial charge < -0.3 is 4.90 Å². The predicted octanol–water partition coefficient (Wildman–Crippen LogP) is 2.79. The quantitative estimate of drug-likeness (QED) is 0.692. The fraction of sp³-hybridized carbons (Fsp3) is 0.353. The second kappa shape index (κ2) is 6.04. The Hall–Kier alpha value is -2.23. The highest BCUT2D eigenvalue weighted by molar-refractivity contribution is 5.67. The van der Waals surface area contributed by atoms with Gasteiger partial charge in [0.15, 0.2) is 0 Å². The molecule has 21 heavy (non-hydrogen) atoms. The summed E-state index contributed by atoms with van der Waals surface area (Å²) in [6.45, 7) is 0.960. The molecule has 2 aromatic rings. The fourth-order valence-electron chi connectivity index (χ4n) is 3.21. The smallest absolute Gasteiger partial charge is 0.115 e. The van der Waals surface area contributed by atoms with E-state index in [1.54, 1.807) is 6.33 Å². The number of hydrogen-bond donors (Lipinski definition) is 1. The molecule has 0 fully saturated rings. The van der Waals surface area contributed by atoms with Gasteiger partial charge in [-0.15, -0.1) is 0 Å². The van der Waals surface area contributed by atoms with Gasteiger partial charge in [0.25, 0.3) is 0 Å². The summed E-state index contributed by atoms with van der Waals surface area (Å²) in [7, 11) is 1.97. The van der Waals surface area contributed by atoms with Gasteiger partial charge in [-0.3, -0.25) is 5.41 Å². The average Bonchev–Trinajstić information content (AvgIpc) is 2.54. The first-order valence-electron chi connectivity index (χ1n) is 7.35. The lowest BCUT2D eigenvalue weighted by atomic mass is 9.80. The van der Waals surface area contributed by atoms with Crippen LogP contribution >= 0.6 is 0 Å². The molecule has 1 aromatic carbocycles. The lowest BCUT2D eigenvalue weighted by Gasteiger charge is -2.28. The second-order valence-corrected chi connectivity index (χ2v) is 5.75. The molecule has 0 amide bonds. The van der Waals surface area contributed by atoms with Crippen LogP contribution in [-0.2, 0) is 12.8 Å². The first-order valence-corrected chi connectivity index (χ1v) is 7.35. The van der Waals surface area contributed by atoms with Gasteiger partial charge in [-0.05, 0) is 41.9 Å². The maximum atomic E-state index is 7.31. The van der Waals surface area contributed by atoms with Gasteiger partial charge in [-0.1, -0.05) is 18.2 Å². The predicted molar refractivity (Wildman–Crippen MR) is 84.4 cm³/mol. The Morgan fingerprint density at radius 2 is 2.14 bits per heavy atom. The summed E-state index contributed by atoms with van der Waals surface area (Å²) >= 11 is 0. The first kappa shape index (κ1) is 13.7. The van der Waals surface area contributed by atoms with E-state index < -0.39 is 0 Å². The standard InChI is InChI=1S/C17H20N4/c1-21(11-18)10-13-5-6-17-14(7-13)3-2-4-16(17)15-8-19-12-20-9-15/h2-4,8-9,11-13,18H,5-7,10H2,1H3. The molecule has 3 rings (SSSR count). The van der Waals surface area contributed by atoms with Crippen molar-refractivity contribution in [2.75, 3.05) is 13.6 Å². The van der Waals surface area contributed by atoms with Gasteiger partial charge in [0.05, 0.1) is 6.34 Å². The average molecular weight is 280 g/mol. The third-order valence-corrected chi connectivity index (χ3v) is 4.22. The Kier molecular flexibility index (Phi) is 3.95. The summed E-state index contributed by atoms with van der Waals surface area (Å²) in [6.07, 6.45) is 10.1. The lowest BCUT2D eigenvalue weighted by molar-refractivity contribution is 0.355. The number of benzene rings is 1. The van der Waals surface area contributed by atoms with Crippen molar-refractivity contribution < 1.29 is 0 Å². The van der Waals surface area contributed by atoms with Gasteiger partial charge in [0.2, 0.25) is 0 Å². The Labute approximate surface area is 125 Å². The third-order valence-electron chi connectivity index (χ3n) is 4.22. The molecule has 0 saturated heterocycles.